The lowest BCUT2D eigenvalue weighted by atomic mass is 10.1. The van der Waals surface area contributed by atoms with Crippen molar-refractivity contribution in [3.63, 3.8) is 0 Å². The van der Waals surface area contributed by atoms with Gasteiger partial charge < -0.3 is 15.2 Å². The molecule has 1 heterocycles. The molecule has 0 aliphatic heterocycles. The van der Waals surface area contributed by atoms with Crippen molar-refractivity contribution in [1.29, 1.82) is 0 Å². The first-order valence-corrected chi connectivity index (χ1v) is 7.64. The highest BCUT2D eigenvalue weighted by Gasteiger charge is 2.10. The van der Waals surface area contributed by atoms with Gasteiger partial charge in [0.1, 0.15) is 0 Å². The predicted octanol–water partition coefficient (Wildman–Crippen LogP) is 3.02. The summed E-state index contributed by atoms with van der Waals surface area (Å²) in [5.74, 6) is 0.00432. The van der Waals surface area contributed by atoms with E-state index in [4.69, 9.17) is 0 Å². The summed E-state index contributed by atoms with van der Waals surface area (Å²) in [6.07, 6.45) is 3.89. The fraction of sp³-hybridized carbons (Fsp3) is 0.471. The molecule has 0 saturated carbocycles. The van der Waals surface area contributed by atoms with Gasteiger partial charge in [0.2, 0.25) is 0 Å². The van der Waals surface area contributed by atoms with E-state index in [0.29, 0.717) is 6.04 Å². The average Bonchev–Trinajstić information content (AvgIpc) is 2.90. The number of unbranched alkanes of at least 4 members (excludes halogenated alkanes) is 1. The number of amides is 1. The summed E-state index contributed by atoms with van der Waals surface area (Å²) < 4.78 is 0. The van der Waals surface area contributed by atoms with Crippen molar-refractivity contribution in [2.24, 2.45) is 0 Å². The number of benzene rings is 1. The second-order valence-corrected chi connectivity index (χ2v) is 5.79. The van der Waals surface area contributed by atoms with Gasteiger partial charge in [-0.15, -0.1) is 0 Å². The minimum atomic E-state index is 0.00432. The van der Waals surface area contributed by atoms with Crippen LogP contribution in [0.1, 0.15) is 37.0 Å². The number of nitrogens with zero attached hydrogens (tertiary/aromatic N) is 1. The highest BCUT2D eigenvalue weighted by molar-refractivity contribution is 6.06. The van der Waals surface area contributed by atoms with E-state index in [1.165, 1.54) is 0 Å². The average molecular weight is 287 g/mol. The number of para-hydroxylation sites is 1. The van der Waals surface area contributed by atoms with Crippen LogP contribution in [0.4, 0.5) is 0 Å². The van der Waals surface area contributed by atoms with Gasteiger partial charge in [0.15, 0.2) is 0 Å². The summed E-state index contributed by atoms with van der Waals surface area (Å²) in [5.41, 5.74) is 1.73. The number of fused-ring (bicyclic) bond motifs is 1. The lowest BCUT2D eigenvalue weighted by molar-refractivity contribution is 0.0954. The number of hydrogen-bond donors (Lipinski definition) is 2. The molecular formula is C17H25N3O. The number of aromatic nitrogens is 1. The fourth-order valence-corrected chi connectivity index (χ4v) is 2.30. The smallest absolute Gasteiger partial charge is 0.253 e. The Morgan fingerprint density at radius 3 is 2.81 bits per heavy atom. The molecule has 0 fully saturated rings. The zero-order valence-electron chi connectivity index (χ0n) is 13.1. The minimum Gasteiger partial charge on any atom is -0.360 e. The maximum Gasteiger partial charge on any atom is 0.253 e. The summed E-state index contributed by atoms with van der Waals surface area (Å²) in [4.78, 5) is 17.6. The van der Waals surface area contributed by atoms with E-state index in [1.54, 1.807) is 6.20 Å². The van der Waals surface area contributed by atoms with E-state index in [2.05, 4.69) is 36.1 Å². The third-order valence-electron chi connectivity index (χ3n) is 3.94. The van der Waals surface area contributed by atoms with E-state index in [1.807, 2.05) is 24.3 Å². The zero-order valence-corrected chi connectivity index (χ0v) is 13.1. The van der Waals surface area contributed by atoms with Gasteiger partial charge in [0.25, 0.3) is 5.91 Å². The van der Waals surface area contributed by atoms with Crippen LogP contribution < -0.4 is 5.32 Å². The normalized spacial score (nSPS) is 11.5. The van der Waals surface area contributed by atoms with Crippen LogP contribution in [0.25, 0.3) is 10.9 Å². The Morgan fingerprint density at radius 1 is 1.29 bits per heavy atom. The van der Waals surface area contributed by atoms with Crippen LogP contribution in [0.2, 0.25) is 0 Å². The van der Waals surface area contributed by atoms with Crippen LogP contribution in [0.3, 0.4) is 0 Å². The van der Waals surface area contributed by atoms with Gasteiger partial charge >= 0.3 is 0 Å². The predicted molar refractivity (Wildman–Crippen MR) is 87.6 cm³/mol. The fourth-order valence-electron chi connectivity index (χ4n) is 2.30. The first kappa shape index (κ1) is 15.6. The van der Waals surface area contributed by atoms with Gasteiger partial charge in [0.05, 0.1) is 5.56 Å². The van der Waals surface area contributed by atoms with Crippen LogP contribution in [-0.4, -0.2) is 42.0 Å². The third-order valence-corrected chi connectivity index (χ3v) is 3.94. The van der Waals surface area contributed by atoms with Crippen LogP contribution in [0, 0.1) is 0 Å². The second kappa shape index (κ2) is 7.27. The number of carbonyl (C=O) groups is 1. The lowest BCUT2D eigenvalue weighted by Gasteiger charge is -2.20. The zero-order chi connectivity index (χ0) is 15.2. The number of H-pyrrole nitrogens is 1. The van der Waals surface area contributed by atoms with Crippen molar-refractivity contribution in [1.82, 2.24) is 15.2 Å². The summed E-state index contributed by atoms with van der Waals surface area (Å²) in [6.45, 7) is 6.18. The maximum atomic E-state index is 12.2. The molecule has 1 amide bonds. The van der Waals surface area contributed by atoms with Crippen molar-refractivity contribution in [3.8, 4) is 0 Å². The van der Waals surface area contributed by atoms with Gasteiger partial charge in [-0.3, -0.25) is 4.79 Å². The lowest BCUT2D eigenvalue weighted by Crippen LogP contribution is -2.29. The van der Waals surface area contributed by atoms with E-state index in [9.17, 15) is 4.79 Å². The van der Waals surface area contributed by atoms with Crippen LogP contribution in [-0.2, 0) is 0 Å². The molecule has 0 aliphatic rings. The summed E-state index contributed by atoms with van der Waals surface area (Å²) >= 11 is 0. The van der Waals surface area contributed by atoms with Crippen molar-refractivity contribution in [3.05, 3.63) is 36.0 Å². The molecule has 2 aromatic rings. The number of nitrogens with one attached hydrogen (secondary N) is 2. The molecule has 1 aromatic heterocycles. The van der Waals surface area contributed by atoms with Gasteiger partial charge in [-0.2, -0.15) is 0 Å². The molecule has 0 spiro atoms. The van der Waals surface area contributed by atoms with Crippen molar-refractivity contribution in [2.75, 3.05) is 20.1 Å². The molecule has 2 N–H and O–H groups in total. The topological polar surface area (TPSA) is 48.1 Å². The third kappa shape index (κ3) is 4.08. The Kier molecular flexibility index (Phi) is 5.39. The summed E-state index contributed by atoms with van der Waals surface area (Å²) in [5, 5.41) is 3.98. The monoisotopic (exact) mass is 287 g/mol. The largest absolute Gasteiger partial charge is 0.360 e. The summed E-state index contributed by atoms with van der Waals surface area (Å²) in [6, 6.07) is 8.44. The Balaban J connectivity index is 1.78. The van der Waals surface area contributed by atoms with E-state index in [0.717, 1.165) is 42.4 Å². The first-order chi connectivity index (χ1) is 10.1. The van der Waals surface area contributed by atoms with Gasteiger partial charge in [-0.1, -0.05) is 18.2 Å². The molecule has 0 aliphatic carbocycles. The van der Waals surface area contributed by atoms with E-state index in [-0.39, 0.29) is 5.91 Å². The molecular weight excluding hydrogens is 262 g/mol. The van der Waals surface area contributed by atoms with E-state index >= 15 is 0 Å². The van der Waals surface area contributed by atoms with Crippen LogP contribution >= 0.6 is 0 Å². The molecule has 21 heavy (non-hydrogen) atoms. The molecule has 0 bridgehead atoms. The Labute approximate surface area is 126 Å². The maximum absolute atomic E-state index is 12.2. The second-order valence-electron chi connectivity index (χ2n) is 5.79. The highest BCUT2D eigenvalue weighted by atomic mass is 16.1. The van der Waals surface area contributed by atoms with E-state index < -0.39 is 0 Å². The summed E-state index contributed by atoms with van der Waals surface area (Å²) in [7, 11) is 2.13. The Morgan fingerprint density at radius 2 is 2.05 bits per heavy atom. The molecule has 0 radical (unpaired) electrons. The quantitative estimate of drug-likeness (QED) is 0.769. The highest BCUT2D eigenvalue weighted by Crippen LogP contribution is 2.17. The molecule has 1 aromatic carbocycles. The van der Waals surface area contributed by atoms with Gasteiger partial charge in [-0.05, 0) is 46.3 Å². The first-order valence-electron chi connectivity index (χ1n) is 7.64. The molecule has 4 heteroatoms. The molecule has 0 saturated heterocycles. The molecule has 114 valence electrons. The standard InChI is InChI=1S/C17H25N3O/c1-13(2)20(3)11-7-6-10-18-17(21)15-12-19-16-9-5-4-8-14(15)16/h4-5,8-9,12-13,19H,6-7,10-11H2,1-3H3,(H,18,21). The van der Waals surface area contributed by atoms with Gasteiger partial charge in [-0.25, -0.2) is 0 Å². The number of hydrogen-bond acceptors (Lipinski definition) is 2. The van der Waals surface area contributed by atoms with Crippen molar-refractivity contribution >= 4 is 16.8 Å². The number of carbonyl (C=O) groups excluding carboxylic acids is 1. The SMILES string of the molecule is CC(C)N(C)CCCCNC(=O)c1c[nH]c2ccccc12. The van der Waals surface area contributed by atoms with Crippen LogP contribution in [0.15, 0.2) is 30.5 Å². The molecule has 0 atom stereocenters. The minimum absolute atomic E-state index is 0.00432. The molecule has 0 unspecified atom stereocenters. The molecule has 2 rings (SSSR count). The molecule has 4 nitrogen and oxygen atoms in total. The van der Waals surface area contributed by atoms with Crippen molar-refractivity contribution < 1.29 is 4.79 Å². The van der Waals surface area contributed by atoms with Crippen molar-refractivity contribution in [2.45, 2.75) is 32.7 Å². The number of rotatable bonds is 7. The Bertz CT molecular complexity index is 588. The van der Waals surface area contributed by atoms with Gasteiger partial charge in [0, 0.05) is 29.7 Å². The Hall–Kier alpha value is -1.81. The number of aromatic amines is 1. The van der Waals surface area contributed by atoms with Crippen LogP contribution in [0.5, 0.6) is 0 Å².